The zero-order chi connectivity index (χ0) is 14.8. The molecule has 0 atom stereocenters. The van der Waals surface area contributed by atoms with Gasteiger partial charge in [0, 0.05) is 6.51 Å². The molecule has 0 spiro atoms. The van der Waals surface area contributed by atoms with Gasteiger partial charge < -0.3 is 15.0 Å². The maximum absolute atomic E-state index is 5.54. The SMILES string of the molecule is C[Si](C)(C)C#Cc1nc(Br)cnc1B(OCN)B1CO1. The van der Waals surface area contributed by atoms with E-state index < -0.39 is 8.07 Å². The van der Waals surface area contributed by atoms with E-state index in [9.17, 15) is 0 Å². The van der Waals surface area contributed by atoms with Crippen molar-refractivity contribution in [1.29, 1.82) is 0 Å². The molecule has 1 saturated heterocycles. The molecule has 1 aromatic heterocycles. The Bertz CT molecular complexity index is 555. The van der Waals surface area contributed by atoms with Crippen LogP contribution in [0.25, 0.3) is 0 Å². The van der Waals surface area contributed by atoms with Crippen molar-refractivity contribution in [2.75, 3.05) is 13.2 Å². The van der Waals surface area contributed by atoms with Crippen LogP contribution in [0.15, 0.2) is 10.8 Å². The van der Waals surface area contributed by atoms with E-state index in [4.69, 9.17) is 15.0 Å². The second-order valence-corrected chi connectivity index (χ2v) is 11.1. The summed E-state index contributed by atoms with van der Waals surface area (Å²) in [5, 5.41) is 0. The first kappa shape index (κ1) is 15.7. The molecule has 1 aliphatic rings. The number of hydrogen-bond acceptors (Lipinski definition) is 5. The number of rotatable bonds is 4. The number of aromatic nitrogens is 2. The van der Waals surface area contributed by atoms with Gasteiger partial charge in [0.1, 0.15) is 18.4 Å². The predicted octanol–water partition coefficient (Wildman–Crippen LogP) is 0.239. The molecule has 1 fully saturated rings. The van der Waals surface area contributed by atoms with Crippen molar-refractivity contribution in [2.24, 2.45) is 5.73 Å². The summed E-state index contributed by atoms with van der Waals surface area (Å²) in [6, 6.07) is 0. The highest BCUT2D eigenvalue weighted by Crippen LogP contribution is 2.11. The summed E-state index contributed by atoms with van der Waals surface area (Å²) in [6.45, 7) is 7.02. The maximum atomic E-state index is 5.54. The van der Waals surface area contributed by atoms with Crippen molar-refractivity contribution in [3.05, 3.63) is 16.5 Å². The Balaban J connectivity index is 2.38. The second kappa shape index (κ2) is 6.41. The molecule has 2 heterocycles. The van der Waals surface area contributed by atoms with Crippen molar-refractivity contribution in [1.82, 2.24) is 9.97 Å². The average Bonchev–Trinajstić information content (AvgIpc) is 3.17. The molecule has 1 aromatic rings. The largest absolute Gasteiger partial charge is 0.442 e. The van der Waals surface area contributed by atoms with Crippen LogP contribution >= 0.6 is 15.9 Å². The third-order valence-electron chi connectivity index (χ3n) is 2.57. The summed E-state index contributed by atoms with van der Waals surface area (Å²) in [6.07, 6.45) is 1.64. The van der Waals surface area contributed by atoms with E-state index in [2.05, 4.69) is 57.0 Å². The van der Waals surface area contributed by atoms with Gasteiger partial charge in [-0.05, 0) is 15.9 Å². The highest BCUT2D eigenvalue weighted by atomic mass is 79.9. The molecule has 0 radical (unpaired) electrons. The summed E-state index contributed by atoms with van der Waals surface area (Å²) in [5.74, 6) is 3.15. The smallest absolute Gasteiger partial charge is 0.350 e. The van der Waals surface area contributed by atoms with Crippen LogP contribution in [0.5, 0.6) is 0 Å². The van der Waals surface area contributed by atoms with Gasteiger partial charge in [0.25, 0.3) is 0 Å². The molecule has 0 aromatic carbocycles. The van der Waals surface area contributed by atoms with Gasteiger partial charge in [0.05, 0.1) is 18.5 Å². The van der Waals surface area contributed by atoms with E-state index in [0.717, 1.165) is 0 Å². The maximum Gasteiger partial charge on any atom is 0.350 e. The van der Waals surface area contributed by atoms with Gasteiger partial charge in [-0.25, -0.2) is 4.98 Å². The summed E-state index contributed by atoms with van der Waals surface area (Å²) >= 11 is 3.33. The molecule has 0 unspecified atom stereocenters. The number of nitrogens with zero attached hydrogens (tertiary/aromatic N) is 2. The van der Waals surface area contributed by atoms with Crippen molar-refractivity contribution >= 4 is 43.2 Å². The molecule has 0 amide bonds. The average molecular weight is 352 g/mol. The molecule has 2 N–H and O–H groups in total. The lowest BCUT2D eigenvalue weighted by atomic mass is 9.29. The lowest BCUT2D eigenvalue weighted by molar-refractivity contribution is 0.347. The van der Waals surface area contributed by atoms with Crippen molar-refractivity contribution in [2.45, 2.75) is 19.6 Å². The van der Waals surface area contributed by atoms with E-state index >= 15 is 0 Å². The highest BCUT2D eigenvalue weighted by Gasteiger charge is 2.46. The molecule has 0 bridgehead atoms. The van der Waals surface area contributed by atoms with Crippen molar-refractivity contribution in [3.8, 4) is 11.5 Å². The third kappa shape index (κ3) is 4.43. The van der Waals surface area contributed by atoms with Gasteiger partial charge >= 0.3 is 13.6 Å². The van der Waals surface area contributed by atoms with E-state index in [1.165, 1.54) is 0 Å². The Labute approximate surface area is 129 Å². The van der Waals surface area contributed by atoms with Gasteiger partial charge in [-0.2, -0.15) is 0 Å². The topological polar surface area (TPSA) is 73.6 Å². The molecule has 5 nitrogen and oxygen atoms in total. The zero-order valence-corrected chi connectivity index (χ0v) is 14.4. The van der Waals surface area contributed by atoms with Gasteiger partial charge in [0.2, 0.25) is 0 Å². The Kier molecular flexibility index (Phi) is 5.04. The van der Waals surface area contributed by atoms with Crippen LogP contribution < -0.4 is 11.3 Å². The minimum atomic E-state index is -1.49. The lowest BCUT2D eigenvalue weighted by Crippen LogP contribution is -2.47. The predicted molar refractivity (Wildman–Crippen MR) is 87.2 cm³/mol. The molecular formula is C11H16B2BrN3O2Si. The molecule has 9 heteroatoms. The molecule has 0 aliphatic carbocycles. The van der Waals surface area contributed by atoms with Crippen LogP contribution in [-0.4, -0.2) is 44.9 Å². The fourth-order valence-electron chi connectivity index (χ4n) is 1.62. The van der Waals surface area contributed by atoms with Crippen LogP contribution in [0.3, 0.4) is 0 Å². The first-order valence-corrected chi connectivity index (χ1v) is 10.7. The van der Waals surface area contributed by atoms with E-state index in [0.29, 0.717) is 22.4 Å². The summed E-state index contributed by atoms with van der Waals surface area (Å²) in [4.78, 5) is 8.82. The lowest BCUT2D eigenvalue weighted by Gasteiger charge is -2.11. The summed E-state index contributed by atoms with van der Waals surface area (Å²) < 4.78 is 11.5. The molecule has 2 rings (SSSR count). The Morgan fingerprint density at radius 3 is 2.85 bits per heavy atom. The molecular weight excluding hydrogens is 336 g/mol. The minimum Gasteiger partial charge on any atom is -0.442 e. The number of hydrogen-bond donors (Lipinski definition) is 1. The minimum absolute atomic E-state index is 0.00135. The number of halogens is 1. The standard InChI is InChI=1S/C11H16B2BrN3O2Si/c1-20(2,3)5-4-9-11(16-6-10(14)17-9)13(19-8-15)12-7-18-12/h6H,7-8,15H2,1-3H3. The molecule has 1 aliphatic heterocycles. The normalized spacial score (nSPS) is 13.8. The summed E-state index contributed by atoms with van der Waals surface area (Å²) in [5.41, 5.74) is 10.1. The summed E-state index contributed by atoms with van der Waals surface area (Å²) in [7, 11) is -1.49. The van der Waals surface area contributed by atoms with Gasteiger partial charge in [0.15, 0.2) is 0 Å². The first-order chi connectivity index (χ1) is 9.40. The van der Waals surface area contributed by atoms with Crippen LogP contribution in [0.2, 0.25) is 19.6 Å². The fraction of sp³-hybridized carbons (Fsp3) is 0.455. The molecule has 0 saturated carbocycles. The van der Waals surface area contributed by atoms with Gasteiger partial charge in [-0.1, -0.05) is 25.6 Å². The van der Waals surface area contributed by atoms with Gasteiger partial charge in [-0.15, -0.1) is 5.54 Å². The first-order valence-electron chi connectivity index (χ1n) is 6.39. The zero-order valence-electron chi connectivity index (χ0n) is 11.8. The van der Waals surface area contributed by atoms with Crippen molar-refractivity contribution < 1.29 is 9.31 Å². The molecule has 104 valence electrons. The third-order valence-corrected chi connectivity index (χ3v) is 3.83. The van der Waals surface area contributed by atoms with Crippen LogP contribution in [0.4, 0.5) is 0 Å². The highest BCUT2D eigenvalue weighted by molar-refractivity contribution is 9.10. The molecule has 20 heavy (non-hydrogen) atoms. The van der Waals surface area contributed by atoms with E-state index in [1.54, 1.807) is 6.20 Å². The Morgan fingerprint density at radius 2 is 2.30 bits per heavy atom. The fourth-order valence-corrected chi connectivity index (χ4v) is 2.39. The van der Waals surface area contributed by atoms with Crippen LogP contribution in [-0.2, 0) is 9.31 Å². The Morgan fingerprint density at radius 1 is 1.60 bits per heavy atom. The quantitative estimate of drug-likeness (QED) is 0.364. The van der Waals surface area contributed by atoms with Crippen molar-refractivity contribution in [3.63, 3.8) is 0 Å². The van der Waals surface area contributed by atoms with Crippen LogP contribution in [0.1, 0.15) is 5.69 Å². The van der Waals surface area contributed by atoms with Gasteiger partial charge in [-0.3, -0.25) is 4.98 Å². The van der Waals surface area contributed by atoms with E-state index in [-0.39, 0.29) is 20.3 Å². The number of nitrogens with two attached hydrogens (primary N) is 1. The van der Waals surface area contributed by atoms with Crippen LogP contribution in [0, 0.1) is 11.5 Å². The van der Waals surface area contributed by atoms with E-state index in [1.807, 2.05) is 0 Å². The monoisotopic (exact) mass is 351 g/mol. The Hall–Kier alpha value is -0.653. The second-order valence-electron chi connectivity index (χ2n) is 5.55.